The molecule has 7 nitrogen and oxygen atoms in total. The lowest BCUT2D eigenvalue weighted by molar-refractivity contribution is 0.0523. The minimum Gasteiger partial charge on any atom is -0.444 e. The van der Waals surface area contributed by atoms with Crippen LogP contribution < -0.4 is 10.6 Å². The van der Waals surface area contributed by atoms with E-state index in [1.165, 1.54) is 0 Å². The number of anilines is 1. The maximum atomic E-state index is 12.0. The van der Waals surface area contributed by atoms with Crippen LogP contribution in [0.25, 0.3) is 0 Å². The smallest absolute Gasteiger partial charge is 0.407 e. The Morgan fingerprint density at radius 2 is 2.27 bits per heavy atom. The van der Waals surface area contributed by atoms with Gasteiger partial charge in [-0.3, -0.25) is 5.32 Å². The number of rotatable bonds is 3. The Kier molecular flexibility index (Phi) is 4.90. The molecule has 2 heterocycles. The van der Waals surface area contributed by atoms with Gasteiger partial charge in [0.05, 0.1) is 6.54 Å². The van der Waals surface area contributed by atoms with Crippen LogP contribution in [0.4, 0.5) is 15.4 Å². The maximum Gasteiger partial charge on any atom is 0.407 e. The van der Waals surface area contributed by atoms with E-state index in [1.807, 2.05) is 6.07 Å². The number of carbonyl (C=O) groups is 2. The van der Waals surface area contributed by atoms with Crippen LogP contribution in [0.2, 0.25) is 0 Å². The molecule has 1 aromatic rings. The molecule has 120 valence electrons. The van der Waals surface area contributed by atoms with E-state index < -0.39 is 11.7 Å². The molecule has 8 heteroatoms. The Bertz CT molecular complexity index is 586. The van der Waals surface area contributed by atoms with Crippen LogP contribution >= 0.6 is 15.9 Å². The molecule has 0 spiro atoms. The van der Waals surface area contributed by atoms with Gasteiger partial charge in [-0.05, 0) is 42.8 Å². The molecule has 3 amide bonds. The maximum absolute atomic E-state index is 12.0. The summed E-state index contributed by atoms with van der Waals surface area (Å²) in [4.78, 5) is 29.3. The lowest BCUT2D eigenvalue weighted by atomic mass is 10.2. The van der Waals surface area contributed by atoms with Gasteiger partial charge in [0.25, 0.3) is 0 Å². The Morgan fingerprint density at radius 1 is 1.55 bits per heavy atom. The second-order valence-electron chi connectivity index (χ2n) is 5.94. The van der Waals surface area contributed by atoms with Crippen molar-refractivity contribution in [3.05, 3.63) is 22.3 Å². The lowest BCUT2D eigenvalue weighted by Gasteiger charge is -2.29. The molecule has 0 atom stereocenters. The number of aromatic nitrogens is 1. The zero-order valence-electron chi connectivity index (χ0n) is 12.8. The third-order valence-corrected chi connectivity index (χ3v) is 3.29. The summed E-state index contributed by atoms with van der Waals surface area (Å²) in [5.74, 6) is 0.574. The molecule has 2 rings (SSSR count). The third-order valence-electron chi connectivity index (χ3n) is 2.86. The van der Waals surface area contributed by atoms with Crippen molar-refractivity contribution < 1.29 is 14.3 Å². The number of urea groups is 1. The molecule has 2 N–H and O–H groups in total. The minimum absolute atomic E-state index is 0.228. The quantitative estimate of drug-likeness (QED) is 0.856. The molecule has 0 radical (unpaired) electrons. The minimum atomic E-state index is -0.538. The monoisotopic (exact) mass is 370 g/mol. The first-order valence-corrected chi connectivity index (χ1v) is 7.71. The van der Waals surface area contributed by atoms with Crippen LogP contribution in [0.3, 0.4) is 0 Å². The van der Waals surface area contributed by atoms with E-state index in [4.69, 9.17) is 4.74 Å². The van der Waals surface area contributed by atoms with Gasteiger partial charge in [0.2, 0.25) is 0 Å². The van der Waals surface area contributed by atoms with Crippen molar-refractivity contribution >= 4 is 33.9 Å². The number of nitrogens with one attached hydrogen (secondary N) is 2. The van der Waals surface area contributed by atoms with Crippen LogP contribution in [0.1, 0.15) is 26.3 Å². The van der Waals surface area contributed by atoms with E-state index in [-0.39, 0.29) is 6.03 Å². The molecule has 0 bridgehead atoms. The Labute approximate surface area is 137 Å². The Morgan fingerprint density at radius 3 is 2.95 bits per heavy atom. The summed E-state index contributed by atoms with van der Waals surface area (Å²) in [7, 11) is 0. The highest BCUT2D eigenvalue weighted by atomic mass is 79.9. The van der Waals surface area contributed by atoms with Gasteiger partial charge >= 0.3 is 12.1 Å². The van der Waals surface area contributed by atoms with E-state index >= 15 is 0 Å². The normalized spacial score (nSPS) is 14.2. The van der Waals surface area contributed by atoms with Gasteiger partial charge in [0, 0.05) is 29.3 Å². The molecule has 1 aliphatic heterocycles. The van der Waals surface area contributed by atoms with Crippen molar-refractivity contribution in [2.45, 2.75) is 32.9 Å². The van der Waals surface area contributed by atoms with Gasteiger partial charge in [-0.25, -0.2) is 14.6 Å². The topological polar surface area (TPSA) is 83.6 Å². The lowest BCUT2D eigenvalue weighted by Crippen LogP contribution is -2.44. The number of fused-ring (bicyclic) bond motifs is 1. The summed E-state index contributed by atoms with van der Waals surface area (Å²) in [6, 6.07) is 1.68. The van der Waals surface area contributed by atoms with Crippen molar-refractivity contribution in [3.8, 4) is 0 Å². The number of carbonyl (C=O) groups excluding carboxylic acids is 2. The van der Waals surface area contributed by atoms with Gasteiger partial charge in [0.15, 0.2) is 0 Å². The number of alkyl carbamates (subject to hydrolysis) is 1. The highest BCUT2D eigenvalue weighted by Gasteiger charge is 2.23. The zero-order valence-corrected chi connectivity index (χ0v) is 14.4. The molecule has 0 aliphatic carbocycles. The second kappa shape index (κ2) is 6.51. The highest BCUT2D eigenvalue weighted by Crippen LogP contribution is 2.23. The summed E-state index contributed by atoms with van der Waals surface area (Å²) < 4.78 is 6.00. The number of hydrogen-bond acceptors (Lipinski definition) is 4. The first kappa shape index (κ1) is 16.5. The predicted octanol–water partition coefficient (Wildman–Crippen LogP) is 2.72. The fourth-order valence-corrected chi connectivity index (χ4v) is 2.34. The summed E-state index contributed by atoms with van der Waals surface area (Å²) in [6.07, 6.45) is 1.15. The summed E-state index contributed by atoms with van der Waals surface area (Å²) >= 11 is 3.36. The van der Waals surface area contributed by atoms with Gasteiger partial charge in [-0.1, -0.05) is 0 Å². The molecule has 0 saturated heterocycles. The molecule has 0 saturated carbocycles. The van der Waals surface area contributed by atoms with Crippen molar-refractivity contribution in [2.24, 2.45) is 0 Å². The van der Waals surface area contributed by atoms with Crippen molar-refractivity contribution in [2.75, 3.05) is 18.4 Å². The fourth-order valence-electron chi connectivity index (χ4n) is 1.96. The van der Waals surface area contributed by atoms with E-state index in [0.29, 0.717) is 25.5 Å². The predicted molar refractivity (Wildman–Crippen MR) is 85.6 cm³/mol. The van der Waals surface area contributed by atoms with E-state index in [9.17, 15) is 9.59 Å². The number of nitrogens with zero attached hydrogens (tertiary/aromatic N) is 2. The Hall–Kier alpha value is -1.83. The molecule has 1 aromatic heterocycles. The van der Waals surface area contributed by atoms with Crippen LogP contribution in [-0.4, -0.2) is 40.7 Å². The van der Waals surface area contributed by atoms with Crippen LogP contribution in [-0.2, 0) is 11.3 Å². The number of amides is 3. The SMILES string of the molecule is CC(C)(C)OC(=O)NCCN1Cc2cc(Br)cnc2NC1=O. The van der Waals surface area contributed by atoms with Gasteiger partial charge in [0.1, 0.15) is 11.4 Å². The fraction of sp³-hybridized carbons (Fsp3) is 0.500. The largest absolute Gasteiger partial charge is 0.444 e. The molecule has 0 aromatic carbocycles. The number of halogens is 1. The van der Waals surface area contributed by atoms with E-state index in [0.717, 1.165) is 10.0 Å². The van der Waals surface area contributed by atoms with Gasteiger partial charge < -0.3 is 15.0 Å². The van der Waals surface area contributed by atoms with Crippen LogP contribution in [0.15, 0.2) is 16.7 Å². The van der Waals surface area contributed by atoms with Gasteiger partial charge in [-0.15, -0.1) is 0 Å². The summed E-state index contributed by atoms with van der Waals surface area (Å²) in [6.45, 7) is 6.55. The van der Waals surface area contributed by atoms with Crippen molar-refractivity contribution in [1.29, 1.82) is 0 Å². The Balaban J connectivity index is 1.86. The molecule has 22 heavy (non-hydrogen) atoms. The molecule has 0 fully saturated rings. The van der Waals surface area contributed by atoms with Gasteiger partial charge in [-0.2, -0.15) is 0 Å². The second-order valence-corrected chi connectivity index (χ2v) is 6.86. The third kappa shape index (κ3) is 4.59. The van der Waals surface area contributed by atoms with Crippen LogP contribution in [0.5, 0.6) is 0 Å². The number of hydrogen-bond donors (Lipinski definition) is 2. The number of pyridine rings is 1. The molecule has 1 aliphatic rings. The average Bonchev–Trinajstić information content (AvgIpc) is 2.37. The average molecular weight is 371 g/mol. The zero-order chi connectivity index (χ0) is 16.3. The summed E-state index contributed by atoms with van der Waals surface area (Å²) in [5, 5.41) is 5.36. The van der Waals surface area contributed by atoms with Crippen molar-refractivity contribution in [3.63, 3.8) is 0 Å². The first-order valence-electron chi connectivity index (χ1n) is 6.92. The van der Waals surface area contributed by atoms with Crippen LogP contribution in [0, 0.1) is 0 Å². The standard InChI is InChI=1S/C14H19BrN4O3/c1-14(2,3)22-13(21)16-4-5-19-8-9-6-10(15)7-17-11(9)18-12(19)20/h6-7H,4-5,8H2,1-3H3,(H,16,21)(H,17,18,20). The van der Waals surface area contributed by atoms with E-state index in [1.54, 1.807) is 31.9 Å². The van der Waals surface area contributed by atoms with Crippen molar-refractivity contribution in [1.82, 2.24) is 15.2 Å². The molecule has 0 unspecified atom stereocenters. The first-order chi connectivity index (χ1) is 10.2. The molecular formula is C14H19BrN4O3. The summed E-state index contributed by atoms with van der Waals surface area (Å²) in [5.41, 5.74) is 0.384. The molecular weight excluding hydrogens is 352 g/mol. The highest BCUT2D eigenvalue weighted by molar-refractivity contribution is 9.10. The van der Waals surface area contributed by atoms with E-state index in [2.05, 4.69) is 31.5 Å². The number of ether oxygens (including phenoxy) is 1.